The fraction of sp³-hybridized carbons (Fsp3) is 0.273. The number of carbonyl (C=O) groups excluding carboxylic acids is 2. The number of nitrogens with two attached hydrogens (primary N) is 1. The summed E-state index contributed by atoms with van der Waals surface area (Å²) in [6.45, 7) is 1.57. The van der Waals surface area contributed by atoms with Crippen molar-refractivity contribution < 1.29 is 18.4 Å². The minimum atomic E-state index is -0.953. The molecule has 98 valence electrons. The highest BCUT2D eigenvalue weighted by molar-refractivity contribution is 8.00. The summed E-state index contributed by atoms with van der Waals surface area (Å²) in [4.78, 5) is 21.5. The summed E-state index contributed by atoms with van der Waals surface area (Å²) in [5.74, 6) is -2.04. The number of hydrogen-bond donors (Lipinski definition) is 2. The minimum Gasteiger partial charge on any atom is -0.351 e. The molecular formula is C11H12F2N2O2S. The Morgan fingerprint density at radius 1 is 1.39 bits per heavy atom. The average Bonchev–Trinajstić information content (AvgIpc) is 2.25. The third-order valence-electron chi connectivity index (χ3n) is 2.13. The van der Waals surface area contributed by atoms with Crippen LogP contribution in [0.1, 0.15) is 17.7 Å². The Morgan fingerprint density at radius 3 is 2.44 bits per heavy atom. The van der Waals surface area contributed by atoms with Crippen LogP contribution < -0.4 is 11.1 Å². The van der Waals surface area contributed by atoms with E-state index in [9.17, 15) is 18.4 Å². The lowest BCUT2D eigenvalue weighted by molar-refractivity contribution is -0.117. The average molecular weight is 274 g/mol. The smallest absolute Gasteiger partial charge is 0.318 e. The van der Waals surface area contributed by atoms with Crippen LogP contribution in [0.2, 0.25) is 0 Å². The molecule has 0 heterocycles. The second kappa shape index (κ2) is 6.34. The first-order chi connectivity index (χ1) is 8.41. The number of hydrogen-bond acceptors (Lipinski definition) is 3. The minimum absolute atomic E-state index is 0.0885. The van der Waals surface area contributed by atoms with Gasteiger partial charge in [-0.3, -0.25) is 10.1 Å². The molecule has 0 aromatic heterocycles. The zero-order valence-electron chi connectivity index (χ0n) is 9.57. The second-order valence-electron chi connectivity index (χ2n) is 3.50. The van der Waals surface area contributed by atoms with Crippen LogP contribution in [0.4, 0.5) is 13.6 Å². The standard InChI is InChI=1S/C11H12F2N2O2S/c1-6(18-5-9(16)15-11(14)17)10-7(12)3-2-4-8(10)13/h2-4,6H,5H2,1H3,(H3,14,15,16,17)/t6-/m1/s1. The summed E-state index contributed by atoms with van der Waals surface area (Å²) in [7, 11) is 0. The van der Waals surface area contributed by atoms with Crippen molar-refractivity contribution in [2.24, 2.45) is 5.73 Å². The highest BCUT2D eigenvalue weighted by atomic mass is 32.2. The van der Waals surface area contributed by atoms with Crippen molar-refractivity contribution in [1.82, 2.24) is 5.32 Å². The van der Waals surface area contributed by atoms with Crippen LogP contribution in [-0.4, -0.2) is 17.7 Å². The molecule has 0 bridgehead atoms. The van der Waals surface area contributed by atoms with Crippen LogP contribution in [0.5, 0.6) is 0 Å². The molecule has 0 aliphatic heterocycles. The fourth-order valence-corrected chi connectivity index (χ4v) is 2.22. The molecule has 3 N–H and O–H groups in total. The molecule has 1 atom stereocenters. The number of urea groups is 1. The Labute approximate surface area is 107 Å². The van der Waals surface area contributed by atoms with Crippen LogP contribution in [0.3, 0.4) is 0 Å². The van der Waals surface area contributed by atoms with E-state index in [2.05, 4.69) is 0 Å². The first-order valence-electron chi connectivity index (χ1n) is 5.06. The number of benzene rings is 1. The van der Waals surface area contributed by atoms with E-state index in [1.165, 1.54) is 6.07 Å². The quantitative estimate of drug-likeness (QED) is 0.881. The molecule has 0 unspecified atom stereocenters. The normalized spacial score (nSPS) is 11.9. The van der Waals surface area contributed by atoms with E-state index >= 15 is 0 Å². The molecular weight excluding hydrogens is 262 g/mol. The summed E-state index contributed by atoms with van der Waals surface area (Å²) in [5, 5.41) is 1.32. The van der Waals surface area contributed by atoms with Gasteiger partial charge in [0.25, 0.3) is 0 Å². The summed E-state index contributed by atoms with van der Waals surface area (Å²) in [5.41, 5.74) is 4.67. The monoisotopic (exact) mass is 274 g/mol. The zero-order valence-corrected chi connectivity index (χ0v) is 10.4. The van der Waals surface area contributed by atoms with Gasteiger partial charge in [0.2, 0.25) is 5.91 Å². The second-order valence-corrected chi connectivity index (χ2v) is 4.83. The maximum atomic E-state index is 13.4. The molecule has 0 aliphatic carbocycles. The highest BCUT2D eigenvalue weighted by Crippen LogP contribution is 2.31. The maximum Gasteiger partial charge on any atom is 0.318 e. The number of nitrogens with one attached hydrogen (secondary N) is 1. The third kappa shape index (κ3) is 3.99. The van der Waals surface area contributed by atoms with E-state index in [4.69, 9.17) is 5.73 Å². The third-order valence-corrected chi connectivity index (χ3v) is 3.30. The predicted molar refractivity (Wildman–Crippen MR) is 65.0 cm³/mol. The molecule has 0 spiro atoms. The SMILES string of the molecule is C[C@@H](SCC(=O)NC(N)=O)c1c(F)cccc1F. The molecule has 1 rings (SSSR count). The van der Waals surface area contributed by atoms with E-state index in [1.54, 1.807) is 6.92 Å². The predicted octanol–water partition coefficient (Wildman–Crippen LogP) is 1.95. The number of primary amides is 1. The number of halogens is 2. The van der Waals surface area contributed by atoms with E-state index in [0.29, 0.717) is 0 Å². The molecule has 1 aromatic carbocycles. The van der Waals surface area contributed by atoms with Crippen molar-refractivity contribution in [2.75, 3.05) is 5.75 Å². The van der Waals surface area contributed by atoms with Gasteiger partial charge in [-0.05, 0) is 19.1 Å². The van der Waals surface area contributed by atoms with Gasteiger partial charge in [-0.15, -0.1) is 11.8 Å². The number of carbonyl (C=O) groups is 2. The molecule has 7 heteroatoms. The van der Waals surface area contributed by atoms with Crippen molar-refractivity contribution in [3.63, 3.8) is 0 Å². The Bertz CT molecular complexity index is 448. The Hall–Kier alpha value is -1.63. The summed E-state index contributed by atoms with van der Waals surface area (Å²) < 4.78 is 26.8. The molecule has 0 radical (unpaired) electrons. The largest absolute Gasteiger partial charge is 0.351 e. The fourth-order valence-electron chi connectivity index (χ4n) is 1.36. The van der Waals surface area contributed by atoms with Gasteiger partial charge in [0, 0.05) is 10.8 Å². The van der Waals surface area contributed by atoms with Gasteiger partial charge in [0.05, 0.1) is 5.75 Å². The van der Waals surface area contributed by atoms with E-state index in [0.717, 1.165) is 23.9 Å². The van der Waals surface area contributed by atoms with Gasteiger partial charge < -0.3 is 5.73 Å². The Kier molecular flexibility index (Phi) is 5.08. The molecule has 4 nitrogen and oxygen atoms in total. The summed E-state index contributed by atoms with van der Waals surface area (Å²) in [6.07, 6.45) is 0. The molecule has 3 amide bonds. The van der Waals surface area contributed by atoms with Crippen molar-refractivity contribution in [3.05, 3.63) is 35.4 Å². The van der Waals surface area contributed by atoms with Gasteiger partial charge in [-0.1, -0.05) is 6.07 Å². The molecule has 18 heavy (non-hydrogen) atoms. The zero-order chi connectivity index (χ0) is 13.7. The van der Waals surface area contributed by atoms with E-state index in [-0.39, 0.29) is 11.3 Å². The van der Waals surface area contributed by atoms with Crippen LogP contribution in [0.15, 0.2) is 18.2 Å². The van der Waals surface area contributed by atoms with Crippen LogP contribution in [0, 0.1) is 11.6 Å². The molecule has 0 saturated heterocycles. The molecule has 0 saturated carbocycles. The molecule has 1 aromatic rings. The van der Waals surface area contributed by atoms with Crippen molar-refractivity contribution >= 4 is 23.7 Å². The van der Waals surface area contributed by atoms with Gasteiger partial charge in [-0.2, -0.15) is 0 Å². The topological polar surface area (TPSA) is 72.2 Å². The van der Waals surface area contributed by atoms with E-state index in [1.807, 2.05) is 5.32 Å². The maximum absolute atomic E-state index is 13.4. The first-order valence-corrected chi connectivity index (χ1v) is 6.11. The van der Waals surface area contributed by atoms with Gasteiger partial charge in [-0.25, -0.2) is 13.6 Å². The first kappa shape index (κ1) is 14.4. The van der Waals surface area contributed by atoms with Gasteiger partial charge >= 0.3 is 6.03 Å². The van der Waals surface area contributed by atoms with Crippen molar-refractivity contribution in [1.29, 1.82) is 0 Å². The number of amides is 3. The van der Waals surface area contributed by atoms with Crippen molar-refractivity contribution in [2.45, 2.75) is 12.2 Å². The van der Waals surface area contributed by atoms with Gasteiger partial charge in [0.1, 0.15) is 11.6 Å². The summed E-state index contributed by atoms with van der Waals surface area (Å²) >= 11 is 1.01. The van der Waals surface area contributed by atoms with Crippen LogP contribution in [-0.2, 0) is 4.79 Å². The van der Waals surface area contributed by atoms with Crippen LogP contribution in [0.25, 0.3) is 0 Å². The number of imide groups is 1. The lowest BCUT2D eigenvalue weighted by Gasteiger charge is -2.12. The lowest BCUT2D eigenvalue weighted by atomic mass is 10.1. The van der Waals surface area contributed by atoms with Gasteiger partial charge in [0.15, 0.2) is 0 Å². The van der Waals surface area contributed by atoms with E-state index < -0.39 is 28.8 Å². The summed E-state index contributed by atoms with van der Waals surface area (Å²) in [6, 6.07) is 2.62. The van der Waals surface area contributed by atoms with Crippen LogP contribution >= 0.6 is 11.8 Å². The number of thioether (sulfide) groups is 1. The molecule has 0 aliphatic rings. The molecule has 0 fully saturated rings. The number of rotatable bonds is 4. The Balaban J connectivity index is 2.63. The van der Waals surface area contributed by atoms with Crippen molar-refractivity contribution in [3.8, 4) is 0 Å². The Morgan fingerprint density at radius 2 is 1.94 bits per heavy atom. The highest BCUT2D eigenvalue weighted by Gasteiger charge is 2.17. The lowest BCUT2D eigenvalue weighted by Crippen LogP contribution is -2.36.